The van der Waals surface area contributed by atoms with Crippen molar-refractivity contribution >= 4 is 11.9 Å². The maximum absolute atomic E-state index is 8.58. The summed E-state index contributed by atoms with van der Waals surface area (Å²) >= 11 is 0. The highest BCUT2D eigenvalue weighted by Crippen LogP contribution is 2.22. The Kier molecular flexibility index (Phi) is 7.65. The molecule has 0 aliphatic rings. The van der Waals surface area contributed by atoms with Crippen LogP contribution in [-0.2, 0) is 6.54 Å². The zero-order chi connectivity index (χ0) is 23.6. The Morgan fingerprint density at radius 1 is 1.12 bits per heavy atom. The van der Waals surface area contributed by atoms with Gasteiger partial charge in [0, 0.05) is 49.9 Å². The van der Waals surface area contributed by atoms with Crippen molar-refractivity contribution in [3.05, 3.63) is 90.4 Å². The van der Waals surface area contributed by atoms with Crippen LogP contribution >= 0.6 is 0 Å². The molecule has 0 fully saturated rings. The first-order valence-corrected chi connectivity index (χ1v) is 11.1. The highest BCUT2D eigenvalue weighted by Gasteiger charge is 2.10. The van der Waals surface area contributed by atoms with E-state index in [1.54, 1.807) is 25.7 Å². The van der Waals surface area contributed by atoms with Crippen molar-refractivity contribution in [1.29, 1.82) is 5.26 Å². The zero-order valence-electron chi connectivity index (χ0n) is 19.1. The highest BCUT2D eigenvalue weighted by atomic mass is 16.5. The van der Waals surface area contributed by atoms with Gasteiger partial charge < -0.3 is 10.1 Å². The number of aliphatic imine (C=N–C) groups is 1. The molecular formula is C27H26N6O. The Hall–Kier alpha value is -4.44. The van der Waals surface area contributed by atoms with Gasteiger partial charge in [-0.15, -0.1) is 0 Å². The molecule has 7 nitrogen and oxygen atoms in total. The Morgan fingerprint density at radius 2 is 1.94 bits per heavy atom. The van der Waals surface area contributed by atoms with Crippen molar-refractivity contribution in [2.75, 3.05) is 19.0 Å². The summed E-state index contributed by atoms with van der Waals surface area (Å²) in [5.74, 6) is 0.822. The van der Waals surface area contributed by atoms with Gasteiger partial charge in [0.05, 0.1) is 29.8 Å². The number of nitrogens with zero attached hydrogens (tertiary/aromatic N) is 5. The Bertz CT molecular complexity index is 1260. The third kappa shape index (κ3) is 5.87. The van der Waals surface area contributed by atoms with E-state index in [2.05, 4.69) is 21.4 Å². The summed E-state index contributed by atoms with van der Waals surface area (Å²) < 4.78 is 7.53. The van der Waals surface area contributed by atoms with Crippen LogP contribution in [0.25, 0.3) is 16.9 Å². The summed E-state index contributed by atoms with van der Waals surface area (Å²) in [6.07, 6.45) is 6.61. The molecule has 2 aromatic carbocycles. The second kappa shape index (κ2) is 11.4. The second-order valence-electron chi connectivity index (χ2n) is 7.65. The molecule has 0 atom stereocenters. The average Bonchev–Trinajstić information content (AvgIpc) is 3.31. The fourth-order valence-electron chi connectivity index (χ4n) is 3.45. The van der Waals surface area contributed by atoms with E-state index in [1.165, 1.54) is 0 Å². The molecule has 2 heterocycles. The summed E-state index contributed by atoms with van der Waals surface area (Å²) in [6, 6.07) is 24.2. The number of nitrogens with one attached hydrogen (secondary N) is 1. The first kappa shape index (κ1) is 22.7. The lowest BCUT2D eigenvalue weighted by Crippen LogP contribution is -2.03. The molecule has 0 spiro atoms. The Balaban J connectivity index is 1.40. The zero-order valence-corrected chi connectivity index (χ0v) is 19.1. The molecule has 2 aromatic heterocycles. The smallest absolute Gasteiger partial charge is 0.119 e. The van der Waals surface area contributed by atoms with Gasteiger partial charge in [-0.1, -0.05) is 12.1 Å². The minimum absolute atomic E-state index is 0.514. The molecule has 0 amide bonds. The van der Waals surface area contributed by atoms with Crippen LogP contribution < -0.4 is 10.1 Å². The quantitative estimate of drug-likeness (QED) is 0.262. The summed E-state index contributed by atoms with van der Waals surface area (Å²) in [5.41, 5.74) is 5.84. The molecule has 0 radical (unpaired) electrons. The van der Waals surface area contributed by atoms with Crippen LogP contribution in [0.4, 0.5) is 5.69 Å². The fourth-order valence-corrected chi connectivity index (χ4v) is 3.45. The number of unbranched alkanes of at least 4 members (excludes halogenated alkanes) is 1. The predicted octanol–water partition coefficient (Wildman–Crippen LogP) is 5.28. The molecule has 4 aromatic rings. The number of hydrogen-bond acceptors (Lipinski definition) is 6. The SMILES string of the molecule is CN=Cc1cc(-c2cccnc2)nn1-c1ccc(NCc2ccc(OCCCC#N)cc2)cc1. The molecular weight excluding hydrogens is 424 g/mol. The maximum atomic E-state index is 8.58. The van der Waals surface area contributed by atoms with Gasteiger partial charge in [-0.05, 0) is 66.6 Å². The first-order valence-electron chi connectivity index (χ1n) is 11.1. The molecule has 0 saturated heterocycles. The standard InChI is InChI=1S/C27H26N6O/c1-29-20-25-17-27(22-5-4-15-30-19-22)32-33(25)24-10-8-23(9-11-24)31-18-21-6-12-26(13-7-21)34-16-3-2-14-28/h4-13,15,17,19-20,31H,2-3,16,18H2,1H3. The van der Waals surface area contributed by atoms with Gasteiger partial charge in [-0.25, -0.2) is 4.68 Å². The van der Waals surface area contributed by atoms with Crippen molar-refractivity contribution in [2.45, 2.75) is 19.4 Å². The van der Waals surface area contributed by atoms with Crippen LogP contribution in [0.3, 0.4) is 0 Å². The molecule has 170 valence electrons. The van der Waals surface area contributed by atoms with Gasteiger partial charge in [0.2, 0.25) is 0 Å². The third-order valence-electron chi connectivity index (χ3n) is 5.19. The van der Waals surface area contributed by atoms with Crippen molar-refractivity contribution in [3.8, 4) is 28.8 Å². The molecule has 1 N–H and O–H groups in total. The molecule has 0 aliphatic carbocycles. The van der Waals surface area contributed by atoms with Crippen molar-refractivity contribution in [3.63, 3.8) is 0 Å². The van der Waals surface area contributed by atoms with E-state index in [0.717, 1.165) is 46.1 Å². The van der Waals surface area contributed by atoms with Crippen LogP contribution in [0, 0.1) is 11.3 Å². The van der Waals surface area contributed by atoms with Crippen molar-refractivity contribution < 1.29 is 4.74 Å². The molecule has 0 bridgehead atoms. The van der Waals surface area contributed by atoms with Gasteiger partial charge >= 0.3 is 0 Å². The summed E-state index contributed by atoms with van der Waals surface area (Å²) in [5, 5.41) is 16.8. The normalized spacial score (nSPS) is 10.8. The lowest BCUT2D eigenvalue weighted by molar-refractivity contribution is 0.312. The van der Waals surface area contributed by atoms with Crippen LogP contribution in [-0.4, -0.2) is 34.6 Å². The van der Waals surface area contributed by atoms with Crippen LogP contribution in [0.2, 0.25) is 0 Å². The highest BCUT2D eigenvalue weighted by molar-refractivity contribution is 5.81. The first-order chi connectivity index (χ1) is 16.8. The summed E-state index contributed by atoms with van der Waals surface area (Å²) in [6.45, 7) is 1.26. The monoisotopic (exact) mass is 450 g/mol. The topological polar surface area (TPSA) is 88.1 Å². The minimum Gasteiger partial charge on any atom is -0.494 e. The average molecular weight is 451 g/mol. The van der Waals surface area contributed by atoms with Gasteiger partial charge in [-0.3, -0.25) is 9.98 Å². The maximum Gasteiger partial charge on any atom is 0.119 e. The van der Waals surface area contributed by atoms with Crippen LogP contribution in [0.1, 0.15) is 24.1 Å². The van der Waals surface area contributed by atoms with E-state index >= 15 is 0 Å². The van der Waals surface area contributed by atoms with Gasteiger partial charge in [0.25, 0.3) is 0 Å². The summed E-state index contributed by atoms with van der Waals surface area (Å²) in [7, 11) is 1.75. The van der Waals surface area contributed by atoms with Gasteiger partial charge in [0.15, 0.2) is 0 Å². The van der Waals surface area contributed by atoms with E-state index in [9.17, 15) is 0 Å². The fraction of sp³-hybridized carbons (Fsp3) is 0.185. The number of anilines is 1. The van der Waals surface area contributed by atoms with E-state index in [4.69, 9.17) is 15.1 Å². The predicted molar refractivity (Wildman–Crippen MR) is 134 cm³/mol. The Morgan fingerprint density at radius 3 is 2.65 bits per heavy atom. The number of nitriles is 1. The van der Waals surface area contributed by atoms with E-state index in [-0.39, 0.29) is 0 Å². The largest absolute Gasteiger partial charge is 0.494 e. The van der Waals surface area contributed by atoms with Gasteiger partial charge in [0.1, 0.15) is 5.75 Å². The molecule has 7 heteroatoms. The van der Waals surface area contributed by atoms with Crippen LogP contribution in [0.15, 0.2) is 84.1 Å². The molecule has 4 rings (SSSR count). The van der Waals surface area contributed by atoms with Crippen molar-refractivity contribution in [2.24, 2.45) is 4.99 Å². The lowest BCUT2D eigenvalue weighted by Gasteiger charge is -2.10. The molecule has 0 aliphatic heterocycles. The molecule has 0 saturated carbocycles. The number of aromatic nitrogens is 3. The van der Waals surface area contributed by atoms with Crippen molar-refractivity contribution in [1.82, 2.24) is 14.8 Å². The summed E-state index contributed by atoms with van der Waals surface area (Å²) in [4.78, 5) is 8.37. The van der Waals surface area contributed by atoms with E-state index in [1.807, 2.05) is 71.4 Å². The lowest BCUT2D eigenvalue weighted by atomic mass is 10.2. The van der Waals surface area contributed by atoms with Crippen LogP contribution in [0.5, 0.6) is 5.75 Å². The molecule has 0 unspecified atom stereocenters. The number of ether oxygens (including phenoxy) is 1. The van der Waals surface area contributed by atoms with Gasteiger partial charge in [-0.2, -0.15) is 10.4 Å². The van der Waals surface area contributed by atoms with E-state index in [0.29, 0.717) is 19.6 Å². The number of rotatable bonds is 10. The Labute approximate surface area is 199 Å². The minimum atomic E-state index is 0.514. The number of benzene rings is 2. The molecule has 34 heavy (non-hydrogen) atoms. The second-order valence-corrected chi connectivity index (χ2v) is 7.65. The number of hydrogen-bond donors (Lipinski definition) is 1. The number of pyridine rings is 1. The third-order valence-corrected chi connectivity index (χ3v) is 5.19. The van der Waals surface area contributed by atoms with E-state index < -0.39 is 0 Å².